The van der Waals surface area contributed by atoms with Gasteiger partial charge in [-0.15, -0.1) is 0 Å². The lowest BCUT2D eigenvalue weighted by molar-refractivity contribution is -0.112. The predicted molar refractivity (Wildman–Crippen MR) is 68.2 cm³/mol. The summed E-state index contributed by atoms with van der Waals surface area (Å²) < 4.78 is 5.61. The monoisotopic (exact) mass is 234 g/mol. The minimum Gasteiger partial charge on any atom is -0.507 e. The highest BCUT2D eigenvalue weighted by Gasteiger charge is 2.12. The molecule has 0 unspecified atom stereocenters. The normalized spacial score (nSPS) is 11.8. The van der Waals surface area contributed by atoms with Crippen LogP contribution in [0.25, 0.3) is 6.08 Å². The first-order valence-electron chi connectivity index (χ1n) is 5.48. The molecular weight excluding hydrogens is 216 g/mol. The number of carbonyl (C=O) groups excluding carboxylic acids is 1. The Kier molecular flexibility index (Phi) is 3.94. The van der Waals surface area contributed by atoms with Crippen molar-refractivity contribution in [3.8, 4) is 11.5 Å². The average Bonchev–Trinajstić information content (AvgIpc) is 2.13. The first kappa shape index (κ1) is 13.3. The third-order valence-electron chi connectivity index (χ3n) is 1.92. The van der Waals surface area contributed by atoms with Crippen molar-refractivity contribution < 1.29 is 14.6 Å². The molecule has 1 aromatic rings. The van der Waals surface area contributed by atoms with Crippen molar-refractivity contribution >= 4 is 11.9 Å². The van der Waals surface area contributed by atoms with Crippen LogP contribution in [0, 0.1) is 0 Å². The Labute approximate surface area is 102 Å². The summed E-state index contributed by atoms with van der Waals surface area (Å²) in [5.74, 6) is 0.652. The van der Waals surface area contributed by atoms with E-state index in [9.17, 15) is 9.90 Å². The number of hydrogen-bond donors (Lipinski definition) is 1. The number of phenols is 1. The number of carbonyl (C=O) groups is 1. The van der Waals surface area contributed by atoms with Crippen LogP contribution in [0.15, 0.2) is 24.3 Å². The van der Waals surface area contributed by atoms with Crippen LogP contribution in [0.2, 0.25) is 0 Å². The van der Waals surface area contributed by atoms with Crippen molar-refractivity contribution in [3.63, 3.8) is 0 Å². The zero-order valence-electron chi connectivity index (χ0n) is 10.7. The number of rotatable bonds is 3. The maximum Gasteiger partial charge on any atom is 0.152 e. The Morgan fingerprint density at radius 3 is 2.47 bits per heavy atom. The Hall–Kier alpha value is -1.77. The summed E-state index contributed by atoms with van der Waals surface area (Å²) in [5, 5.41) is 9.76. The molecule has 0 amide bonds. The molecular formula is C14H18O3. The van der Waals surface area contributed by atoms with Crippen molar-refractivity contribution in [2.75, 3.05) is 0 Å². The standard InChI is InChI=1S/C14H18O3/c1-10(15)5-6-11-7-8-12(9-13(11)16)17-14(2,3)4/h5-9,16H,1-4H3/b6-5+. The third-order valence-corrected chi connectivity index (χ3v) is 1.92. The Balaban J connectivity index is 2.90. The Morgan fingerprint density at radius 2 is 2.00 bits per heavy atom. The van der Waals surface area contributed by atoms with Crippen LogP contribution in [0.5, 0.6) is 11.5 Å². The van der Waals surface area contributed by atoms with Crippen molar-refractivity contribution in [2.45, 2.75) is 33.3 Å². The molecule has 0 atom stereocenters. The van der Waals surface area contributed by atoms with Gasteiger partial charge >= 0.3 is 0 Å². The van der Waals surface area contributed by atoms with Gasteiger partial charge < -0.3 is 9.84 Å². The third kappa shape index (κ3) is 4.72. The topological polar surface area (TPSA) is 46.5 Å². The molecule has 1 aromatic carbocycles. The van der Waals surface area contributed by atoms with E-state index in [0.29, 0.717) is 11.3 Å². The number of benzene rings is 1. The molecule has 3 nitrogen and oxygen atoms in total. The van der Waals surface area contributed by atoms with E-state index in [0.717, 1.165) is 0 Å². The van der Waals surface area contributed by atoms with Crippen LogP contribution in [-0.4, -0.2) is 16.5 Å². The average molecular weight is 234 g/mol. The predicted octanol–water partition coefficient (Wildman–Crippen LogP) is 3.17. The molecule has 0 fully saturated rings. The molecule has 0 heterocycles. The summed E-state index contributed by atoms with van der Waals surface area (Å²) in [4.78, 5) is 10.8. The van der Waals surface area contributed by atoms with Gasteiger partial charge in [-0.2, -0.15) is 0 Å². The number of aromatic hydroxyl groups is 1. The number of hydrogen-bond acceptors (Lipinski definition) is 3. The fraction of sp³-hybridized carbons (Fsp3) is 0.357. The molecule has 0 spiro atoms. The lowest BCUT2D eigenvalue weighted by Crippen LogP contribution is -2.22. The quantitative estimate of drug-likeness (QED) is 0.817. The minimum atomic E-state index is -0.302. The van der Waals surface area contributed by atoms with Crippen LogP contribution in [0.3, 0.4) is 0 Å². The van der Waals surface area contributed by atoms with Gasteiger partial charge in [-0.3, -0.25) is 4.79 Å². The van der Waals surface area contributed by atoms with Crippen molar-refractivity contribution in [2.24, 2.45) is 0 Å². The highest BCUT2D eigenvalue weighted by molar-refractivity contribution is 5.91. The number of phenolic OH excluding ortho intramolecular Hbond substituents is 1. The lowest BCUT2D eigenvalue weighted by Gasteiger charge is -2.21. The Bertz CT molecular complexity index is 439. The molecule has 0 aliphatic heterocycles. The first-order chi connectivity index (χ1) is 7.78. The van der Waals surface area contributed by atoms with Crippen LogP contribution >= 0.6 is 0 Å². The molecule has 3 heteroatoms. The smallest absolute Gasteiger partial charge is 0.152 e. The number of ketones is 1. The molecule has 1 rings (SSSR count). The van der Waals surface area contributed by atoms with E-state index in [2.05, 4.69) is 0 Å². The van der Waals surface area contributed by atoms with E-state index >= 15 is 0 Å². The van der Waals surface area contributed by atoms with Gasteiger partial charge in [-0.25, -0.2) is 0 Å². The zero-order chi connectivity index (χ0) is 13.1. The fourth-order valence-corrected chi connectivity index (χ4v) is 1.29. The van der Waals surface area contributed by atoms with Gasteiger partial charge in [0.15, 0.2) is 5.78 Å². The molecule has 0 aromatic heterocycles. The highest BCUT2D eigenvalue weighted by Crippen LogP contribution is 2.27. The van der Waals surface area contributed by atoms with E-state index in [1.807, 2.05) is 20.8 Å². The second-order valence-corrected chi connectivity index (χ2v) is 4.88. The second kappa shape index (κ2) is 5.04. The van der Waals surface area contributed by atoms with Gasteiger partial charge in [0, 0.05) is 11.6 Å². The summed E-state index contributed by atoms with van der Waals surface area (Å²) in [6.07, 6.45) is 3.00. The first-order valence-corrected chi connectivity index (χ1v) is 5.48. The van der Waals surface area contributed by atoms with E-state index in [-0.39, 0.29) is 17.1 Å². The molecule has 92 valence electrons. The van der Waals surface area contributed by atoms with Crippen LogP contribution in [0.4, 0.5) is 0 Å². The van der Waals surface area contributed by atoms with Crippen LogP contribution < -0.4 is 4.74 Å². The fourth-order valence-electron chi connectivity index (χ4n) is 1.29. The summed E-state index contributed by atoms with van der Waals surface area (Å²) in [6, 6.07) is 5.03. The van der Waals surface area contributed by atoms with Crippen LogP contribution in [0.1, 0.15) is 33.3 Å². The summed E-state index contributed by atoms with van der Waals surface area (Å²) in [6.45, 7) is 7.28. The van der Waals surface area contributed by atoms with Crippen LogP contribution in [-0.2, 0) is 4.79 Å². The minimum absolute atomic E-state index is 0.0561. The molecule has 0 saturated heterocycles. The van der Waals surface area contributed by atoms with E-state index in [1.54, 1.807) is 24.3 Å². The second-order valence-electron chi connectivity index (χ2n) is 4.88. The van der Waals surface area contributed by atoms with Gasteiger partial charge in [0.2, 0.25) is 0 Å². The Morgan fingerprint density at radius 1 is 1.35 bits per heavy atom. The molecule has 0 saturated carbocycles. The largest absolute Gasteiger partial charge is 0.507 e. The maximum absolute atomic E-state index is 10.8. The molecule has 0 aliphatic rings. The van der Waals surface area contributed by atoms with Crippen molar-refractivity contribution in [1.29, 1.82) is 0 Å². The SMILES string of the molecule is CC(=O)/C=C/c1ccc(OC(C)(C)C)cc1O. The lowest BCUT2D eigenvalue weighted by atomic mass is 10.1. The maximum atomic E-state index is 10.8. The van der Waals surface area contributed by atoms with Gasteiger partial charge in [0.25, 0.3) is 0 Å². The van der Waals surface area contributed by atoms with Gasteiger partial charge in [-0.05, 0) is 52.0 Å². The zero-order valence-corrected chi connectivity index (χ0v) is 10.7. The van der Waals surface area contributed by atoms with Gasteiger partial charge in [0.1, 0.15) is 17.1 Å². The van der Waals surface area contributed by atoms with Crippen molar-refractivity contribution in [1.82, 2.24) is 0 Å². The highest BCUT2D eigenvalue weighted by atomic mass is 16.5. The number of ether oxygens (including phenoxy) is 1. The molecule has 0 bridgehead atoms. The van der Waals surface area contributed by atoms with E-state index in [1.165, 1.54) is 13.0 Å². The molecule has 0 aliphatic carbocycles. The van der Waals surface area contributed by atoms with Crippen molar-refractivity contribution in [3.05, 3.63) is 29.8 Å². The number of allylic oxidation sites excluding steroid dienone is 1. The van der Waals surface area contributed by atoms with Gasteiger partial charge in [0.05, 0.1) is 0 Å². The summed E-state index contributed by atoms with van der Waals surface area (Å²) in [7, 11) is 0. The molecule has 1 N–H and O–H groups in total. The summed E-state index contributed by atoms with van der Waals surface area (Å²) in [5.41, 5.74) is 0.296. The molecule has 0 radical (unpaired) electrons. The molecule has 17 heavy (non-hydrogen) atoms. The van der Waals surface area contributed by atoms with E-state index in [4.69, 9.17) is 4.74 Å². The summed E-state index contributed by atoms with van der Waals surface area (Å²) >= 11 is 0. The van der Waals surface area contributed by atoms with E-state index < -0.39 is 0 Å². The van der Waals surface area contributed by atoms with Gasteiger partial charge in [-0.1, -0.05) is 0 Å².